The summed E-state index contributed by atoms with van der Waals surface area (Å²) >= 11 is 0. The van der Waals surface area contributed by atoms with E-state index in [1.54, 1.807) is 0 Å². The van der Waals surface area contributed by atoms with E-state index in [-0.39, 0.29) is 11.3 Å². The molecule has 0 bridgehead atoms. The van der Waals surface area contributed by atoms with Crippen LogP contribution in [0, 0.1) is 10.1 Å². The maximum Gasteiger partial charge on any atom is 0.282 e. The van der Waals surface area contributed by atoms with Gasteiger partial charge in [0, 0.05) is 22.0 Å². The number of phenolic OH excluding ortho intramolecular Hbond substituents is 1. The number of phenols is 1. The lowest BCUT2D eigenvalue weighted by Gasteiger charge is -2.06. The molecule has 1 atom stereocenters. The lowest BCUT2D eigenvalue weighted by Crippen LogP contribution is -2.29. The van der Waals surface area contributed by atoms with Gasteiger partial charge in [0.05, 0.1) is 4.92 Å². The molecule has 0 aliphatic rings. The molecule has 1 amide bonds. The summed E-state index contributed by atoms with van der Waals surface area (Å²) in [5, 5.41) is 19.8. The molecule has 0 aliphatic heterocycles. The monoisotopic (exact) mass is 258 g/mol. The molecule has 0 saturated carbocycles. The van der Waals surface area contributed by atoms with E-state index in [0.29, 0.717) is 0 Å². The average molecular weight is 258 g/mol. The highest BCUT2D eigenvalue weighted by atomic mass is 32.2. The summed E-state index contributed by atoms with van der Waals surface area (Å²) in [5.74, 6) is 1.98. The highest BCUT2D eigenvalue weighted by Gasteiger charge is 2.21. The van der Waals surface area contributed by atoms with E-state index in [4.69, 9.17) is 0 Å². The van der Waals surface area contributed by atoms with Crippen molar-refractivity contribution in [1.29, 1.82) is 0 Å². The first kappa shape index (κ1) is 13.0. The first-order valence-corrected chi connectivity index (χ1v) is 6.46. The minimum Gasteiger partial charge on any atom is -0.508 e. The molecular formula is C9H10N2O5S. The van der Waals surface area contributed by atoms with Crippen LogP contribution in [-0.4, -0.2) is 32.3 Å². The summed E-state index contributed by atoms with van der Waals surface area (Å²) < 4.78 is 13.3. The first-order chi connectivity index (χ1) is 7.70. The predicted octanol–water partition coefficient (Wildman–Crippen LogP) is 0.291. The third-order valence-electron chi connectivity index (χ3n) is 1.73. The molecule has 0 aromatic heterocycles. The molecule has 0 saturated heterocycles. The normalized spacial score (nSPS) is 13.7. The molecule has 2 N–H and O–H groups in total. The van der Waals surface area contributed by atoms with Crippen molar-refractivity contribution in [2.75, 3.05) is 6.26 Å². The van der Waals surface area contributed by atoms with Crippen molar-refractivity contribution < 1.29 is 19.0 Å². The van der Waals surface area contributed by atoms with Gasteiger partial charge in [-0.25, -0.2) is 4.21 Å². The number of carbonyl (C=O) groups excluding carboxylic acids is 1. The quantitative estimate of drug-likeness (QED) is 0.460. The Hall–Kier alpha value is -2.09. The summed E-state index contributed by atoms with van der Waals surface area (Å²) in [6, 6.07) is 3.01. The number of carbonyl (C=O) groups is 1. The van der Waals surface area contributed by atoms with Crippen LogP contribution in [0.3, 0.4) is 0 Å². The molecule has 0 radical (unpaired) electrons. The zero-order valence-electron chi connectivity index (χ0n) is 8.87. The van der Waals surface area contributed by atoms with Crippen LogP contribution in [0.4, 0.5) is 5.69 Å². The van der Waals surface area contributed by atoms with Crippen LogP contribution >= 0.6 is 0 Å². The van der Waals surface area contributed by atoms with Crippen molar-refractivity contribution in [2.24, 2.45) is 0 Å². The van der Waals surface area contributed by atoms with Gasteiger partial charge in [0.25, 0.3) is 11.6 Å². The van der Waals surface area contributed by atoms with Crippen LogP contribution in [0.5, 0.6) is 5.75 Å². The number of hydrogen-bond acceptors (Lipinski definition) is 5. The lowest BCUT2D eigenvalue weighted by atomic mass is 10.1. The van der Waals surface area contributed by atoms with Gasteiger partial charge in [-0.2, -0.15) is 0 Å². The second-order valence-corrected chi connectivity index (χ2v) is 5.61. The highest BCUT2D eigenvalue weighted by Crippen LogP contribution is 2.23. The number of aromatic hydroxyl groups is 1. The van der Waals surface area contributed by atoms with Crippen molar-refractivity contribution >= 4 is 27.2 Å². The Balaban J connectivity index is 3.25. The van der Waals surface area contributed by atoms with Crippen molar-refractivity contribution in [1.82, 2.24) is 4.72 Å². The fourth-order valence-electron chi connectivity index (χ4n) is 1.12. The number of nitro benzene ring substituents is 1. The molecule has 0 heterocycles. The predicted molar refractivity (Wildman–Crippen MR) is 63.4 cm³/mol. The van der Waals surface area contributed by atoms with E-state index in [2.05, 4.69) is 5.87 Å². The minimum atomic E-state index is -2.83. The van der Waals surface area contributed by atoms with Crippen LogP contribution in [-0.2, 0) is 9.71 Å². The van der Waals surface area contributed by atoms with Gasteiger partial charge in [0.15, 0.2) is 0 Å². The maximum atomic E-state index is 11.6. The molecule has 1 rings (SSSR count). The van der Waals surface area contributed by atoms with Gasteiger partial charge in [-0.1, -0.05) is 0 Å². The number of nitrogens with one attached hydrogen (secondary N) is 1. The largest absolute Gasteiger partial charge is 0.508 e. The van der Waals surface area contributed by atoms with Gasteiger partial charge in [-0.15, -0.1) is 0 Å². The molecule has 1 unspecified atom stereocenters. The molecule has 1 aromatic carbocycles. The third-order valence-corrected chi connectivity index (χ3v) is 2.35. The molecule has 8 heteroatoms. The van der Waals surface area contributed by atoms with Crippen LogP contribution in [0.2, 0.25) is 0 Å². The number of rotatable bonds is 3. The maximum absolute atomic E-state index is 11.6. The summed E-state index contributed by atoms with van der Waals surface area (Å²) in [6.07, 6.45) is 1.18. The SMILES string of the molecule is C=S(C)(=O)NC(=O)c1cc(O)ccc1[N+](=O)[O-]. The van der Waals surface area contributed by atoms with Crippen molar-refractivity contribution in [2.45, 2.75) is 0 Å². The summed E-state index contributed by atoms with van der Waals surface area (Å²) in [5.41, 5.74) is -0.850. The molecule has 0 spiro atoms. The standard InChI is InChI=1S/C9H10N2O5S/c1-17(2,16)10-9(13)7-5-6(12)3-4-8(7)11(14)15/h3-5,12H,1H2,2H3,(H,10,13,16). The third kappa shape index (κ3) is 3.45. The van der Waals surface area contributed by atoms with E-state index in [0.717, 1.165) is 18.2 Å². The van der Waals surface area contributed by atoms with E-state index in [1.165, 1.54) is 6.26 Å². The smallest absolute Gasteiger partial charge is 0.282 e. The van der Waals surface area contributed by atoms with E-state index < -0.39 is 26.2 Å². The Morgan fingerprint density at radius 3 is 2.65 bits per heavy atom. The highest BCUT2D eigenvalue weighted by molar-refractivity contribution is 7.98. The zero-order valence-corrected chi connectivity index (χ0v) is 9.69. The first-order valence-electron chi connectivity index (χ1n) is 4.32. The Kier molecular flexibility index (Phi) is 3.37. The van der Waals surface area contributed by atoms with Crippen LogP contribution in [0.25, 0.3) is 0 Å². The molecular weight excluding hydrogens is 248 g/mol. The number of amides is 1. The Labute approximate surface area is 97.4 Å². The van der Waals surface area contributed by atoms with E-state index >= 15 is 0 Å². The van der Waals surface area contributed by atoms with Gasteiger partial charge in [-0.05, 0) is 18.0 Å². The lowest BCUT2D eigenvalue weighted by molar-refractivity contribution is -0.385. The Bertz CT molecular complexity index is 579. The van der Waals surface area contributed by atoms with Gasteiger partial charge < -0.3 is 5.11 Å². The molecule has 0 fully saturated rings. The second-order valence-electron chi connectivity index (χ2n) is 3.39. The van der Waals surface area contributed by atoms with Gasteiger partial charge in [-0.3, -0.25) is 19.6 Å². The topological polar surface area (TPSA) is 110 Å². The minimum absolute atomic E-state index is 0.299. The van der Waals surface area contributed by atoms with Gasteiger partial charge in [0.1, 0.15) is 11.3 Å². The Morgan fingerprint density at radius 2 is 2.18 bits per heavy atom. The van der Waals surface area contributed by atoms with E-state index in [9.17, 15) is 24.2 Å². The number of benzene rings is 1. The fraction of sp³-hybridized carbons (Fsp3) is 0.111. The number of nitro groups is 1. The summed E-state index contributed by atoms with van der Waals surface area (Å²) in [4.78, 5) is 21.5. The van der Waals surface area contributed by atoms with Crippen molar-refractivity contribution in [3.8, 4) is 5.75 Å². The van der Waals surface area contributed by atoms with Crippen molar-refractivity contribution in [3.05, 3.63) is 33.9 Å². The fourth-order valence-corrected chi connectivity index (χ4v) is 1.62. The zero-order chi connectivity index (χ0) is 13.2. The van der Waals surface area contributed by atoms with E-state index in [1.807, 2.05) is 4.72 Å². The Morgan fingerprint density at radius 1 is 1.59 bits per heavy atom. The van der Waals surface area contributed by atoms with Gasteiger partial charge >= 0.3 is 0 Å². The van der Waals surface area contributed by atoms with Crippen molar-refractivity contribution in [3.63, 3.8) is 0 Å². The molecule has 92 valence electrons. The molecule has 0 aliphatic carbocycles. The number of hydrogen-bond donors (Lipinski definition) is 2. The summed E-state index contributed by atoms with van der Waals surface area (Å²) in [6.45, 7) is 0. The van der Waals surface area contributed by atoms with Gasteiger partial charge in [0.2, 0.25) is 0 Å². The molecule has 7 nitrogen and oxygen atoms in total. The average Bonchev–Trinajstić information content (AvgIpc) is 2.14. The number of nitrogens with zero attached hydrogens (tertiary/aromatic N) is 1. The van der Waals surface area contributed by atoms with Crippen LogP contribution < -0.4 is 4.72 Å². The molecule has 1 aromatic rings. The molecule has 17 heavy (non-hydrogen) atoms. The summed E-state index contributed by atoms with van der Waals surface area (Å²) in [7, 11) is -2.83. The van der Waals surface area contributed by atoms with Crippen LogP contribution in [0.15, 0.2) is 18.2 Å². The second kappa shape index (κ2) is 4.42. The van der Waals surface area contributed by atoms with Crippen LogP contribution in [0.1, 0.15) is 10.4 Å².